The quantitative estimate of drug-likeness (QED) is 0.627. The maximum Gasteiger partial charge on any atom is 0.307 e. The van der Waals surface area contributed by atoms with Crippen LogP contribution in [0.3, 0.4) is 0 Å². The second-order valence-electron chi connectivity index (χ2n) is 5.53. The third-order valence-electron chi connectivity index (χ3n) is 3.70. The summed E-state index contributed by atoms with van der Waals surface area (Å²) in [5, 5.41) is 3.88. The van der Waals surface area contributed by atoms with Gasteiger partial charge in [0.05, 0.1) is 19.0 Å². The molecule has 1 atom stereocenters. The molecule has 126 valence electrons. The molecule has 2 aromatic rings. The Bertz CT molecular complexity index is 735. The van der Waals surface area contributed by atoms with E-state index in [9.17, 15) is 9.59 Å². The van der Waals surface area contributed by atoms with Crippen molar-refractivity contribution in [2.45, 2.75) is 32.2 Å². The van der Waals surface area contributed by atoms with Crippen molar-refractivity contribution in [2.24, 2.45) is 0 Å². The normalized spacial score (nSPS) is 12.2. The second-order valence-corrected chi connectivity index (χ2v) is 5.53. The van der Waals surface area contributed by atoms with Crippen molar-refractivity contribution in [3.63, 3.8) is 0 Å². The number of carbonyl (C=O) groups is 2. The van der Waals surface area contributed by atoms with E-state index < -0.39 is 0 Å². The molecule has 0 aliphatic rings. The van der Waals surface area contributed by atoms with E-state index >= 15 is 0 Å². The molecule has 1 aromatic heterocycles. The Morgan fingerprint density at radius 3 is 2.83 bits per heavy atom. The summed E-state index contributed by atoms with van der Waals surface area (Å²) >= 11 is 0. The molecule has 0 aliphatic heterocycles. The standard InChI is InChI=1S/C19H22N2O3/c1-3-6-16(13-18(23)24-2)21-17(22)11-10-15-8-4-7-14-9-5-12-20-19(14)15/h4-5,7-12,16H,3,6,13H2,1-2H3,(H,21,22)/b11-10+. The van der Waals surface area contributed by atoms with Gasteiger partial charge in [-0.15, -0.1) is 0 Å². The van der Waals surface area contributed by atoms with Gasteiger partial charge in [-0.2, -0.15) is 0 Å². The van der Waals surface area contributed by atoms with Crippen LogP contribution in [-0.4, -0.2) is 30.0 Å². The van der Waals surface area contributed by atoms with Gasteiger partial charge < -0.3 is 10.1 Å². The van der Waals surface area contributed by atoms with Crippen molar-refractivity contribution in [3.05, 3.63) is 48.2 Å². The molecular weight excluding hydrogens is 304 g/mol. The van der Waals surface area contributed by atoms with E-state index in [-0.39, 0.29) is 24.3 Å². The van der Waals surface area contributed by atoms with Gasteiger partial charge in [0.25, 0.3) is 0 Å². The lowest BCUT2D eigenvalue weighted by atomic mass is 10.1. The zero-order valence-electron chi connectivity index (χ0n) is 14.0. The molecule has 2 rings (SSSR count). The molecule has 0 fully saturated rings. The predicted molar refractivity (Wildman–Crippen MR) is 94.2 cm³/mol. The van der Waals surface area contributed by atoms with Crippen molar-refractivity contribution in [2.75, 3.05) is 7.11 Å². The van der Waals surface area contributed by atoms with Crippen LogP contribution in [0.5, 0.6) is 0 Å². The summed E-state index contributed by atoms with van der Waals surface area (Å²) in [5.41, 5.74) is 1.73. The van der Waals surface area contributed by atoms with Gasteiger partial charge in [-0.3, -0.25) is 14.6 Å². The van der Waals surface area contributed by atoms with Crippen molar-refractivity contribution < 1.29 is 14.3 Å². The largest absolute Gasteiger partial charge is 0.469 e. The molecular formula is C19H22N2O3. The third-order valence-corrected chi connectivity index (χ3v) is 3.70. The number of nitrogens with one attached hydrogen (secondary N) is 1. The van der Waals surface area contributed by atoms with Crippen LogP contribution in [-0.2, 0) is 14.3 Å². The topological polar surface area (TPSA) is 68.3 Å². The minimum Gasteiger partial charge on any atom is -0.469 e. The highest BCUT2D eigenvalue weighted by molar-refractivity contribution is 5.95. The highest BCUT2D eigenvalue weighted by atomic mass is 16.5. The van der Waals surface area contributed by atoms with Gasteiger partial charge in [-0.25, -0.2) is 0 Å². The van der Waals surface area contributed by atoms with E-state index in [0.29, 0.717) is 0 Å². The van der Waals surface area contributed by atoms with Gasteiger partial charge in [0, 0.05) is 29.3 Å². The molecule has 0 aliphatic carbocycles. The molecule has 24 heavy (non-hydrogen) atoms. The van der Waals surface area contributed by atoms with E-state index in [1.54, 1.807) is 12.3 Å². The Labute approximate surface area is 141 Å². The van der Waals surface area contributed by atoms with Crippen LogP contribution in [0, 0.1) is 0 Å². The van der Waals surface area contributed by atoms with Crippen molar-refractivity contribution in [1.82, 2.24) is 10.3 Å². The molecule has 1 aromatic carbocycles. The number of para-hydroxylation sites is 1. The number of carbonyl (C=O) groups excluding carboxylic acids is 2. The van der Waals surface area contributed by atoms with Crippen LogP contribution in [0.4, 0.5) is 0 Å². The molecule has 0 saturated heterocycles. The number of amides is 1. The monoisotopic (exact) mass is 326 g/mol. The molecule has 1 N–H and O–H groups in total. The minimum atomic E-state index is -0.323. The summed E-state index contributed by atoms with van der Waals surface area (Å²) in [6.45, 7) is 2.01. The molecule has 1 unspecified atom stereocenters. The molecule has 0 bridgehead atoms. The maximum atomic E-state index is 12.1. The lowest BCUT2D eigenvalue weighted by molar-refractivity contribution is -0.141. The summed E-state index contributed by atoms with van der Waals surface area (Å²) < 4.78 is 4.67. The Hall–Kier alpha value is -2.69. The van der Waals surface area contributed by atoms with E-state index in [4.69, 9.17) is 0 Å². The van der Waals surface area contributed by atoms with Gasteiger partial charge in [-0.1, -0.05) is 37.6 Å². The first-order chi connectivity index (χ1) is 11.6. The van der Waals surface area contributed by atoms with Gasteiger partial charge in [0.15, 0.2) is 0 Å². The van der Waals surface area contributed by atoms with Crippen LogP contribution < -0.4 is 5.32 Å². The first-order valence-corrected chi connectivity index (χ1v) is 8.03. The number of pyridine rings is 1. The Morgan fingerprint density at radius 1 is 1.29 bits per heavy atom. The zero-order chi connectivity index (χ0) is 17.4. The molecule has 1 heterocycles. The summed E-state index contributed by atoms with van der Waals surface area (Å²) in [7, 11) is 1.35. The Morgan fingerprint density at radius 2 is 2.08 bits per heavy atom. The van der Waals surface area contributed by atoms with Crippen LogP contribution in [0.1, 0.15) is 31.7 Å². The van der Waals surface area contributed by atoms with Crippen molar-refractivity contribution in [3.8, 4) is 0 Å². The van der Waals surface area contributed by atoms with Crippen molar-refractivity contribution >= 4 is 28.9 Å². The van der Waals surface area contributed by atoms with Crippen LogP contribution in [0.25, 0.3) is 17.0 Å². The van der Waals surface area contributed by atoms with Crippen LogP contribution in [0.15, 0.2) is 42.6 Å². The second kappa shape index (κ2) is 8.82. The Balaban J connectivity index is 2.06. The third kappa shape index (κ3) is 4.91. The van der Waals surface area contributed by atoms with E-state index in [1.807, 2.05) is 37.3 Å². The maximum absolute atomic E-state index is 12.1. The predicted octanol–water partition coefficient (Wildman–Crippen LogP) is 3.10. The van der Waals surface area contributed by atoms with Crippen molar-refractivity contribution in [1.29, 1.82) is 0 Å². The highest BCUT2D eigenvalue weighted by Gasteiger charge is 2.14. The van der Waals surface area contributed by atoms with Gasteiger partial charge >= 0.3 is 5.97 Å². The number of fused-ring (bicyclic) bond motifs is 1. The fourth-order valence-electron chi connectivity index (χ4n) is 2.54. The number of aromatic nitrogens is 1. The molecule has 0 radical (unpaired) electrons. The lowest BCUT2D eigenvalue weighted by Crippen LogP contribution is -2.35. The molecule has 1 amide bonds. The lowest BCUT2D eigenvalue weighted by Gasteiger charge is -2.15. The van der Waals surface area contributed by atoms with Gasteiger partial charge in [-0.05, 0) is 18.6 Å². The van der Waals surface area contributed by atoms with E-state index in [2.05, 4.69) is 15.0 Å². The average molecular weight is 326 g/mol. The first kappa shape index (κ1) is 17.7. The number of hydrogen-bond acceptors (Lipinski definition) is 4. The van der Waals surface area contributed by atoms with E-state index in [0.717, 1.165) is 29.3 Å². The molecule has 0 spiro atoms. The molecule has 5 heteroatoms. The van der Waals surface area contributed by atoms with E-state index in [1.165, 1.54) is 13.2 Å². The summed E-state index contributed by atoms with van der Waals surface area (Å²) in [4.78, 5) is 27.9. The fourth-order valence-corrected chi connectivity index (χ4v) is 2.54. The average Bonchev–Trinajstić information content (AvgIpc) is 2.60. The number of esters is 1. The number of hydrogen-bond donors (Lipinski definition) is 1. The zero-order valence-corrected chi connectivity index (χ0v) is 14.0. The summed E-state index contributed by atoms with van der Waals surface area (Å²) in [6.07, 6.45) is 6.73. The van der Waals surface area contributed by atoms with Gasteiger partial charge in [0.1, 0.15) is 0 Å². The van der Waals surface area contributed by atoms with Crippen LogP contribution in [0.2, 0.25) is 0 Å². The number of ether oxygens (including phenoxy) is 1. The molecule has 5 nitrogen and oxygen atoms in total. The van der Waals surface area contributed by atoms with Gasteiger partial charge in [0.2, 0.25) is 5.91 Å². The number of benzene rings is 1. The Kier molecular flexibility index (Phi) is 6.49. The summed E-state index contributed by atoms with van der Waals surface area (Å²) in [5.74, 6) is -0.554. The smallest absolute Gasteiger partial charge is 0.307 e. The number of rotatable bonds is 7. The fraction of sp³-hybridized carbons (Fsp3) is 0.316. The minimum absolute atomic E-state index is 0.180. The number of methoxy groups -OCH3 is 1. The summed E-state index contributed by atoms with van der Waals surface area (Å²) in [6, 6.07) is 9.46. The highest BCUT2D eigenvalue weighted by Crippen LogP contribution is 2.17. The van der Waals surface area contributed by atoms with Crippen LogP contribution >= 0.6 is 0 Å². The first-order valence-electron chi connectivity index (χ1n) is 8.03. The SMILES string of the molecule is CCCC(CC(=O)OC)NC(=O)/C=C/c1cccc2cccnc12. The number of nitrogens with zero attached hydrogens (tertiary/aromatic N) is 1. The molecule has 0 saturated carbocycles.